The summed E-state index contributed by atoms with van der Waals surface area (Å²) < 4.78 is 7.27. The van der Waals surface area contributed by atoms with E-state index in [0.29, 0.717) is 5.75 Å². The van der Waals surface area contributed by atoms with Crippen LogP contribution in [0.3, 0.4) is 0 Å². The van der Waals surface area contributed by atoms with Crippen LogP contribution < -0.4 is 4.74 Å². The molecule has 3 rings (SSSR count). The van der Waals surface area contributed by atoms with Gasteiger partial charge in [-0.2, -0.15) is 0 Å². The molecule has 1 aliphatic rings. The molecule has 0 atom stereocenters. The zero-order valence-electron chi connectivity index (χ0n) is 9.50. The minimum absolute atomic E-state index is 0.0889. The molecule has 0 amide bonds. The Morgan fingerprint density at radius 3 is 3.00 bits per heavy atom. The van der Waals surface area contributed by atoms with Gasteiger partial charge in [0.15, 0.2) is 0 Å². The summed E-state index contributed by atoms with van der Waals surface area (Å²) in [5, 5.41) is 0. The molecule has 0 bridgehead atoms. The summed E-state index contributed by atoms with van der Waals surface area (Å²) in [6, 6.07) is 3.58. The number of aromatic nitrogens is 2. The van der Waals surface area contributed by atoms with Crippen LogP contribution in [0.2, 0.25) is 0 Å². The number of rotatable bonds is 2. The number of carbonyl (C=O) groups is 1. The van der Waals surface area contributed by atoms with Crippen molar-refractivity contribution in [2.75, 3.05) is 0 Å². The zero-order chi connectivity index (χ0) is 11.7. The maximum Gasteiger partial charge on any atom is 0.314 e. The SMILES string of the molecule is O=C(Oc1ccn2ccnc2c1)C1CCCC1. The van der Waals surface area contributed by atoms with Gasteiger partial charge in [0.2, 0.25) is 0 Å². The molecule has 0 unspecified atom stereocenters. The van der Waals surface area contributed by atoms with Crippen LogP contribution in [0.15, 0.2) is 30.7 Å². The first-order valence-corrected chi connectivity index (χ1v) is 5.97. The third-order valence-electron chi connectivity index (χ3n) is 3.28. The molecule has 1 saturated carbocycles. The van der Waals surface area contributed by atoms with Crippen molar-refractivity contribution in [3.8, 4) is 5.75 Å². The standard InChI is InChI=1S/C13H14N2O2/c16-13(10-3-1-2-4-10)17-11-5-7-15-8-6-14-12(15)9-11/h5-10H,1-4H2. The molecule has 4 nitrogen and oxygen atoms in total. The van der Waals surface area contributed by atoms with E-state index in [9.17, 15) is 4.79 Å². The van der Waals surface area contributed by atoms with Gasteiger partial charge in [0.25, 0.3) is 0 Å². The van der Waals surface area contributed by atoms with E-state index in [2.05, 4.69) is 4.98 Å². The van der Waals surface area contributed by atoms with Crippen LogP contribution in [0.4, 0.5) is 0 Å². The Balaban J connectivity index is 1.77. The third-order valence-corrected chi connectivity index (χ3v) is 3.28. The van der Waals surface area contributed by atoms with Gasteiger partial charge < -0.3 is 9.14 Å². The number of nitrogens with zero attached hydrogens (tertiary/aromatic N) is 2. The largest absolute Gasteiger partial charge is 0.426 e. The maximum atomic E-state index is 11.8. The number of hydrogen-bond acceptors (Lipinski definition) is 3. The lowest BCUT2D eigenvalue weighted by Crippen LogP contribution is -2.17. The fraction of sp³-hybridized carbons (Fsp3) is 0.385. The fourth-order valence-electron chi connectivity index (χ4n) is 2.32. The van der Waals surface area contributed by atoms with Crippen molar-refractivity contribution in [1.82, 2.24) is 9.38 Å². The molecule has 2 aromatic rings. The lowest BCUT2D eigenvalue weighted by Gasteiger charge is -2.09. The molecule has 2 aromatic heterocycles. The van der Waals surface area contributed by atoms with Gasteiger partial charge in [0.1, 0.15) is 11.4 Å². The minimum Gasteiger partial charge on any atom is -0.426 e. The summed E-state index contributed by atoms with van der Waals surface area (Å²) in [6.45, 7) is 0. The second-order valence-electron chi connectivity index (χ2n) is 4.46. The van der Waals surface area contributed by atoms with E-state index in [1.165, 1.54) is 0 Å². The van der Waals surface area contributed by atoms with Crippen LogP contribution in [0.25, 0.3) is 5.65 Å². The van der Waals surface area contributed by atoms with Crippen LogP contribution in [0, 0.1) is 5.92 Å². The summed E-state index contributed by atoms with van der Waals surface area (Å²) in [5.41, 5.74) is 0.793. The molecule has 0 aromatic carbocycles. The summed E-state index contributed by atoms with van der Waals surface area (Å²) in [6.07, 6.45) is 9.63. The highest BCUT2D eigenvalue weighted by Gasteiger charge is 2.24. The first-order valence-electron chi connectivity index (χ1n) is 5.97. The number of imidazole rings is 1. The molecule has 1 fully saturated rings. The quantitative estimate of drug-likeness (QED) is 0.744. The number of hydrogen-bond donors (Lipinski definition) is 0. The van der Waals surface area contributed by atoms with E-state index in [-0.39, 0.29) is 11.9 Å². The second-order valence-corrected chi connectivity index (χ2v) is 4.46. The molecule has 88 valence electrons. The lowest BCUT2D eigenvalue weighted by atomic mass is 10.1. The van der Waals surface area contributed by atoms with Gasteiger partial charge in [0, 0.05) is 24.7 Å². The summed E-state index contributed by atoms with van der Waals surface area (Å²) in [7, 11) is 0. The van der Waals surface area contributed by atoms with Crippen molar-refractivity contribution in [1.29, 1.82) is 0 Å². The van der Waals surface area contributed by atoms with E-state index in [0.717, 1.165) is 31.3 Å². The number of pyridine rings is 1. The Labute approximate surface area is 99.2 Å². The van der Waals surface area contributed by atoms with Crippen molar-refractivity contribution >= 4 is 11.6 Å². The van der Waals surface area contributed by atoms with Crippen molar-refractivity contribution in [2.24, 2.45) is 5.92 Å². The number of carbonyl (C=O) groups excluding carboxylic acids is 1. The minimum atomic E-state index is -0.0987. The van der Waals surface area contributed by atoms with Gasteiger partial charge >= 0.3 is 5.97 Å². The highest BCUT2D eigenvalue weighted by molar-refractivity contribution is 5.75. The molecular weight excluding hydrogens is 216 g/mol. The molecular formula is C13H14N2O2. The Kier molecular flexibility index (Phi) is 2.55. The molecule has 0 aliphatic heterocycles. The van der Waals surface area contributed by atoms with E-state index in [4.69, 9.17) is 4.74 Å². The average Bonchev–Trinajstić information content (AvgIpc) is 2.99. The highest BCUT2D eigenvalue weighted by Crippen LogP contribution is 2.26. The molecule has 0 spiro atoms. The Morgan fingerprint density at radius 2 is 2.18 bits per heavy atom. The lowest BCUT2D eigenvalue weighted by molar-refractivity contribution is -0.138. The molecule has 0 saturated heterocycles. The van der Waals surface area contributed by atoms with Crippen molar-refractivity contribution in [3.05, 3.63) is 30.7 Å². The van der Waals surface area contributed by atoms with Crippen molar-refractivity contribution in [2.45, 2.75) is 25.7 Å². The third kappa shape index (κ3) is 2.02. The van der Waals surface area contributed by atoms with Gasteiger partial charge in [0.05, 0.1) is 5.92 Å². The highest BCUT2D eigenvalue weighted by atomic mass is 16.5. The summed E-state index contributed by atoms with van der Waals surface area (Å²) >= 11 is 0. The molecule has 4 heteroatoms. The molecule has 0 radical (unpaired) electrons. The van der Waals surface area contributed by atoms with Gasteiger partial charge in [-0.1, -0.05) is 12.8 Å². The predicted molar refractivity (Wildman–Crippen MR) is 62.8 cm³/mol. The summed E-state index contributed by atoms with van der Waals surface area (Å²) in [5.74, 6) is 0.574. The van der Waals surface area contributed by atoms with Crippen molar-refractivity contribution < 1.29 is 9.53 Å². The summed E-state index contributed by atoms with van der Waals surface area (Å²) in [4.78, 5) is 16.0. The van der Waals surface area contributed by atoms with E-state index in [1.54, 1.807) is 18.3 Å². The molecule has 1 aliphatic carbocycles. The predicted octanol–water partition coefficient (Wildman–Crippen LogP) is 2.43. The maximum absolute atomic E-state index is 11.8. The monoisotopic (exact) mass is 230 g/mol. The average molecular weight is 230 g/mol. The van der Waals surface area contributed by atoms with Crippen molar-refractivity contribution in [3.63, 3.8) is 0 Å². The van der Waals surface area contributed by atoms with E-state index in [1.807, 2.05) is 16.8 Å². The topological polar surface area (TPSA) is 43.6 Å². The Morgan fingerprint density at radius 1 is 1.35 bits per heavy atom. The van der Waals surface area contributed by atoms with Gasteiger partial charge in [-0.15, -0.1) is 0 Å². The smallest absolute Gasteiger partial charge is 0.314 e. The zero-order valence-corrected chi connectivity index (χ0v) is 9.50. The van der Waals surface area contributed by atoms with Crippen LogP contribution in [-0.4, -0.2) is 15.4 Å². The fourth-order valence-corrected chi connectivity index (χ4v) is 2.32. The van der Waals surface area contributed by atoms with Gasteiger partial charge in [-0.05, 0) is 18.9 Å². The normalized spacial score (nSPS) is 16.5. The van der Waals surface area contributed by atoms with Crippen LogP contribution in [0.1, 0.15) is 25.7 Å². The van der Waals surface area contributed by atoms with Crippen LogP contribution in [0.5, 0.6) is 5.75 Å². The van der Waals surface area contributed by atoms with Crippen LogP contribution >= 0.6 is 0 Å². The number of ether oxygens (including phenoxy) is 1. The number of esters is 1. The first kappa shape index (κ1) is 10.3. The molecule has 0 N–H and O–H groups in total. The van der Waals surface area contributed by atoms with Gasteiger partial charge in [-0.25, -0.2) is 4.98 Å². The second kappa shape index (κ2) is 4.20. The Bertz CT molecular complexity index is 541. The Hall–Kier alpha value is -1.84. The van der Waals surface area contributed by atoms with Crippen LogP contribution in [-0.2, 0) is 4.79 Å². The molecule has 17 heavy (non-hydrogen) atoms. The van der Waals surface area contributed by atoms with Gasteiger partial charge in [-0.3, -0.25) is 4.79 Å². The number of fused-ring (bicyclic) bond motifs is 1. The van der Waals surface area contributed by atoms with E-state index >= 15 is 0 Å². The first-order chi connectivity index (χ1) is 8.33. The van der Waals surface area contributed by atoms with E-state index < -0.39 is 0 Å². The molecule has 2 heterocycles.